The van der Waals surface area contributed by atoms with Crippen molar-refractivity contribution in [1.82, 2.24) is 0 Å². The van der Waals surface area contributed by atoms with Crippen molar-refractivity contribution in [2.45, 2.75) is 27.4 Å². The van der Waals surface area contributed by atoms with Gasteiger partial charge in [-0.3, -0.25) is 4.79 Å². The normalized spacial score (nSPS) is 10.5. The van der Waals surface area contributed by atoms with Crippen LogP contribution in [0.2, 0.25) is 0 Å². The number of nitrogens with one attached hydrogen (secondary N) is 1. The van der Waals surface area contributed by atoms with Crippen LogP contribution in [0.4, 0.5) is 5.69 Å². The number of hydrogen-bond acceptors (Lipinski definition) is 3. The maximum Gasteiger partial charge on any atom is 0.265 e. The van der Waals surface area contributed by atoms with Crippen LogP contribution in [0.1, 0.15) is 31.9 Å². The van der Waals surface area contributed by atoms with Crippen molar-refractivity contribution in [2.24, 2.45) is 0 Å². The molecule has 0 fully saturated rings. The Labute approximate surface area is 152 Å². The molecule has 0 radical (unpaired) electrons. The Balaban J connectivity index is 1.65. The van der Waals surface area contributed by atoms with E-state index in [-0.39, 0.29) is 5.91 Å². The Morgan fingerprint density at radius 2 is 1.76 bits per heavy atom. The molecule has 25 heavy (non-hydrogen) atoms. The second-order valence-electron chi connectivity index (χ2n) is 6.15. The SMILES string of the molecule is Cc1cccc(OCc2csc(C(=O)Nc3c(C)cccc3C)c2)c1. The van der Waals surface area contributed by atoms with Crippen LogP contribution in [-0.2, 0) is 6.61 Å². The molecule has 0 saturated carbocycles. The first-order chi connectivity index (χ1) is 12.0. The molecule has 0 atom stereocenters. The highest BCUT2D eigenvalue weighted by Crippen LogP contribution is 2.23. The summed E-state index contributed by atoms with van der Waals surface area (Å²) in [5.41, 5.74) is 5.17. The minimum Gasteiger partial charge on any atom is -0.489 e. The van der Waals surface area contributed by atoms with Crippen molar-refractivity contribution >= 4 is 22.9 Å². The van der Waals surface area contributed by atoms with Gasteiger partial charge in [-0.2, -0.15) is 0 Å². The van der Waals surface area contributed by atoms with Gasteiger partial charge < -0.3 is 10.1 Å². The Hall–Kier alpha value is -2.59. The van der Waals surface area contributed by atoms with Crippen LogP contribution in [0, 0.1) is 20.8 Å². The Bertz CT molecular complexity index is 878. The number of rotatable bonds is 5. The molecule has 1 heterocycles. The number of amides is 1. The van der Waals surface area contributed by atoms with Crippen LogP contribution < -0.4 is 10.1 Å². The maximum absolute atomic E-state index is 12.5. The number of carbonyl (C=O) groups is 1. The standard InChI is InChI=1S/C21H21NO2S/c1-14-6-4-9-18(10-14)24-12-17-11-19(25-13-17)21(23)22-20-15(2)7-5-8-16(20)3/h4-11,13H,12H2,1-3H3,(H,22,23). The molecule has 0 unspecified atom stereocenters. The van der Waals surface area contributed by atoms with E-state index in [1.54, 1.807) is 0 Å². The number of aryl methyl sites for hydroxylation is 3. The van der Waals surface area contributed by atoms with E-state index in [1.807, 2.05) is 74.7 Å². The van der Waals surface area contributed by atoms with E-state index in [2.05, 4.69) is 5.32 Å². The van der Waals surface area contributed by atoms with E-state index in [1.165, 1.54) is 11.3 Å². The molecule has 4 heteroatoms. The van der Waals surface area contributed by atoms with Gasteiger partial charge in [0, 0.05) is 11.3 Å². The van der Waals surface area contributed by atoms with Gasteiger partial charge in [0.2, 0.25) is 0 Å². The molecule has 0 aliphatic rings. The highest BCUT2D eigenvalue weighted by molar-refractivity contribution is 7.12. The zero-order chi connectivity index (χ0) is 17.8. The molecule has 0 aliphatic carbocycles. The van der Waals surface area contributed by atoms with Crippen LogP contribution >= 0.6 is 11.3 Å². The van der Waals surface area contributed by atoms with Crippen molar-refractivity contribution in [1.29, 1.82) is 0 Å². The summed E-state index contributed by atoms with van der Waals surface area (Å²) in [6.07, 6.45) is 0. The molecule has 2 aromatic carbocycles. The van der Waals surface area contributed by atoms with E-state index in [0.29, 0.717) is 11.5 Å². The third kappa shape index (κ3) is 4.28. The van der Waals surface area contributed by atoms with Gasteiger partial charge in [0.15, 0.2) is 0 Å². The average molecular weight is 351 g/mol. The number of carbonyl (C=O) groups excluding carboxylic acids is 1. The second-order valence-corrected chi connectivity index (χ2v) is 7.06. The van der Waals surface area contributed by atoms with Crippen molar-refractivity contribution in [3.63, 3.8) is 0 Å². The highest BCUT2D eigenvalue weighted by Gasteiger charge is 2.12. The predicted molar refractivity (Wildman–Crippen MR) is 104 cm³/mol. The van der Waals surface area contributed by atoms with Crippen LogP contribution in [0.3, 0.4) is 0 Å². The van der Waals surface area contributed by atoms with Crippen molar-refractivity contribution in [3.05, 3.63) is 81.0 Å². The predicted octanol–water partition coefficient (Wildman–Crippen LogP) is 5.50. The van der Waals surface area contributed by atoms with Gasteiger partial charge in [-0.25, -0.2) is 0 Å². The molecule has 3 rings (SSSR count). The molecule has 3 aromatic rings. The minimum absolute atomic E-state index is 0.0794. The van der Waals surface area contributed by atoms with Gasteiger partial charge in [-0.05, 0) is 61.0 Å². The average Bonchev–Trinajstić information content (AvgIpc) is 3.05. The molecule has 1 aromatic heterocycles. The van der Waals surface area contributed by atoms with Crippen LogP contribution in [0.5, 0.6) is 5.75 Å². The Morgan fingerprint density at radius 1 is 1.04 bits per heavy atom. The maximum atomic E-state index is 12.5. The highest BCUT2D eigenvalue weighted by atomic mass is 32.1. The Kier molecular flexibility index (Phi) is 5.19. The molecular formula is C21H21NO2S. The number of anilines is 1. The molecule has 0 bridgehead atoms. The van der Waals surface area contributed by atoms with Gasteiger partial charge in [0.05, 0.1) is 4.88 Å². The Morgan fingerprint density at radius 3 is 2.48 bits per heavy atom. The number of hydrogen-bond donors (Lipinski definition) is 1. The van der Waals surface area contributed by atoms with Gasteiger partial charge in [0.1, 0.15) is 12.4 Å². The molecule has 3 nitrogen and oxygen atoms in total. The summed E-state index contributed by atoms with van der Waals surface area (Å²) in [5, 5.41) is 4.99. The van der Waals surface area contributed by atoms with Gasteiger partial charge >= 0.3 is 0 Å². The number of para-hydroxylation sites is 1. The molecule has 1 amide bonds. The number of benzene rings is 2. The van der Waals surface area contributed by atoms with Crippen LogP contribution in [0.15, 0.2) is 53.9 Å². The summed E-state index contributed by atoms with van der Waals surface area (Å²) in [6, 6.07) is 15.8. The molecule has 0 saturated heterocycles. The lowest BCUT2D eigenvalue weighted by Gasteiger charge is -2.10. The lowest BCUT2D eigenvalue weighted by Crippen LogP contribution is -2.12. The molecule has 1 N–H and O–H groups in total. The smallest absolute Gasteiger partial charge is 0.265 e. The van der Waals surface area contributed by atoms with Crippen molar-refractivity contribution < 1.29 is 9.53 Å². The van der Waals surface area contributed by atoms with Gasteiger partial charge in [-0.1, -0.05) is 30.3 Å². The minimum atomic E-state index is -0.0794. The summed E-state index contributed by atoms with van der Waals surface area (Å²) < 4.78 is 5.80. The van der Waals surface area contributed by atoms with Gasteiger partial charge in [-0.15, -0.1) is 11.3 Å². The van der Waals surface area contributed by atoms with E-state index in [0.717, 1.165) is 33.7 Å². The van der Waals surface area contributed by atoms with Gasteiger partial charge in [0.25, 0.3) is 5.91 Å². The zero-order valence-corrected chi connectivity index (χ0v) is 15.4. The summed E-state index contributed by atoms with van der Waals surface area (Å²) in [6.45, 7) is 6.49. The number of ether oxygens (including phenoxy) is 1. The number of thiophene rings is 1. The quantitative estimate of drug-likeness (QED) is 0.659. The molecule has 0 spiro atoms. The summed E-state index contributed by atoms with van der Waals surface area (Å²) in [4.78, 5) is 13.2. The lowest BCUT2D eigenvalue weighted by molar-refractivity contribution is 0.103. The van der Waals surface area contributed by atoms with Crippen molar-refractivity contribution in [2.75, 3.05) is 5.32 Å². The monoisotopic (exact) mass is 351 g/mol. The summed E-state index contributed by atoms with van der Waals surface area (Å²) in [7, 11) is 0. The first-order valence-electron chi connectivity index (χ1n) is 8.17. The van der Waals surface area contributed by atoms with Crippen molar-refractivity contribution in [3.8, 4) is 5.75 Å². The first-order valence-corrected chi connectivity index (χ1v) is 9.05. The largest absolute Gasteiger partial charge is 0.489 e. The lowest BCUT2D eigenvalue weighted by atomic mass is 10.1. The fraction of sp³-hybridized carbons (Fsp3) is 0.190. The second kappa shape index (κ2) is 7.53. The van der Waals surface area contributed by atoms with Crippen LogP contribution in [-0.4, -0.2) is 5.91 Å². The third-order valence-corrected chi connectivity index (χ3v) is 4.97. The third-order valence-electron chi connectivity index (χ3n) is 3.99. The van der Waals surface area contributed by atoms with Crippen LogP contribution in [0.25, 0.3) is 0 Å². The zero-order valence-electron chi connectivity index (χ0n) is 14.6. The molecular weight excluding hydrogens is 330 g/mol. The van der Waals surface area contributed by atoms with E-state index >= 15 is 0 Å². The van der Waals surface area contributed by atoms with E-state index in [9.17, 15) is 4.79 Å². The fourth-order valence-electron chi connectivity index (χ4n) is 2.63. The van der Waals surface area contributed by atoms with E-state index < -0.39 is 0 Å². The molecule has 128 valence electrons. The molecule has 0 aliphatic heterocycles. The summed E-state index contributed by atoms with van der Waals surface area (Å²) in [5.74, 6) is 0.761. The summed E-state index contributed by atoms with van der Waals surface area (Å²) >= 11 is 1.43. The first kappa shape index (κ1) is 17.2. The topological polar surface area (TPSA) is 38.3 Å². The van der Waals surface area contributed by atoms with E-state index in [4.69, 9.17) is 4.74 Å². The fourth-order valence-corrected chi connectivity index (χ4v) is 3.42.